The Morgan fingerprint density at radius 1 is 1.25 bits per heavy atom. The Labute approximate surface area is 143 Å². The van der Waals surface area contributed by atoms with E-state index in [1.165, 1.54) is 29.1 Å². The van der Waals surface area contributed by atoms with Crippen molar-refractivity contribution in [3.8, 4) is 5.82 Å². The lowest BCUT2D eigenvalue weighted by Crippen LogP contribution is -2.14. The summed E-state index contributed by atoms with van der Waals surface area (Å²) in [5.74, 6) is -0.160. The third-order valence-corrected chi connectivity index (χ3v) is 4.89. The molecule has 0 aliphatic heterocycles. The highest BCUT2D eigenvalue weighted by Gasteiger charge is 2.17. The highest BCUT2D eigenvalue weighted by molar-refractivity contribution is 7.92. The number of anilines is 1. The van der Waals surface area contributed by atoms with E-state index in [4.69, 9.17) is 11.6 Å². The zero-order valence-corrected chi connectivity index (χ0v) is 14.0. The number of aryl methyl sites for hydroxylation is 1. The van der Waals surface area contributed by atoms with Crippen LogP contribution in [0.2, 0.25) is 5.02 Å². The molecule has 0 spiro atoms. The zero-order valence-electron chi connectivity index (χ0n) is 12.4. The van der Waals surface area contributed by atoms with Gasteiger partial charge in [0.2, 0.25) is 0 Å². The van der Waals surface area contributed by atoms with E-state index >= 15 is 0 Å². The number of pyridine rings is 1. The first-order chi connectivity index (χ1) is 11.4. The molecule has 0 saturated carbocycles. The first kappa shape index (κ1) is 16.4. The molecular formula is C15H12ClFN4O2S. The second kappa shape index (κ2) is 6.21. The number of nitrogens with zero attached hydrogens (tertiary/aromatic N) is 3. The fourth-order valence-corrected chi connectivity index (χ4v) is 3.20. The van der Waals surface area contributed by atoms with Crippen LogP contribution < -0.4 is 4.72 Å². The van der Waals surface area contributed by atoms with Crippen molar-refractivity contribution >= 4 is 27.4 Å². The molecule has 6 nitrogen and oxygen atoms in total. The molecule has 24 heavy (non-hydrogen) atoms. The standard InChI is InChI=1S/C15H12ClFN4O2S/c1-10-4-5-11(9-13(10)17)24(22,23)20-14-6-8-21(19-14)15-12(16)3-2-7-18-15/h2-9H,1H3,(H,19,20). The van der Waals surface area contributed by atoms with Crippen LogP contribution in [-0.2, 0) is 10.0 Å². The van der Waals surface area contributed by atoms with Crippen LogP contribution in [0.25, 0.3) is 5.82 Å². The molecule has 0 unspecified atom stereocenters. The zero-order chi connectivity index (χ0) is 17.3. The maximum atomic E-state index is 13.6. The highest BCUT2D eigenvalue weighted by Crippen LogP contribution is 2.20. The Kier molecular flexibility index (Phi) is 4.25. The van der Waals surface area contributed by atoms with Crippen molar-refractivity contribution in [2.45, 2.75) is 11.8 Å². The maximum Gasteiger partial charge on any atom is 0.263 e. The van der Waals surface area contributed by atoms with Crippen LogP contribution in [0, 0.1) is 12.7 Å². The van der Waals surface area contributed by atoms with Gasteiger partial charge in [-0.05, 0) is 36.8 Å². The number of sulfonamides is 1. The second-order valence-electron chi connectivity index (χ2n) is 4.97. The van der Waals surface area contributed by atoms with Gasteiger partial charge in [0.25, 0.3) is 10.0 Å². The van der Waals surface area contributed by atoms with Gasteiger partial charge >= 0.3 is 0 Å². The fourth-order valence-electron chi connectivity index (χ4n) is 1.98. The minimum absolute atomic E-state index is 0.0673. The minimum atomic E-state index is -3.95. The van der Waals surface area contributed by atoms with Crippen molar-refractivity contribution in [2.24, 2.45) is 0 Å². The molecule has 1 N–H and O–H groups in total. The Bertz CT molecular complexity index is 1000. The summed E-state index contributed by atoms with van der Waals surface area (Å²) < 4.78 is 41.8. The minimum Gasteiger partial charge on any atom is -0.262 e. The predicted octanol–water partition coefficient (Wildman–Crippen LogP) is 3.17. The lowest BCUT2D eigenvalue weighted by molar-refractivity contribution is 0.593. The smallest absolute Gasteiger partial charge is 0.262 e. The van der Waals surface area contributed by atoms with Gasteiger partial charge in [0.1, 0.15) is 5.82 Å². The predicted molar refractivity (Wildman–Crippen MR) is 88.3 cm³/mol. The molecule has 0 saturated heterocycles. The molecule has 0 fully saturated rings. The molecule has 2 aromatic heterocycles. The van der Waals surface area contributed by atoms with Crippen molar-refractivity contribution in [3.05, 3.63) is 65.2 Å². The van der Waals surface area contributed by atoms with E-state index in [2.05, 4.69) is 14.8 Å². The summed E-state index contributed by atoms with van der Waals surface area (Å²) in [6.45, 7) is 1.55. The molecule has 124 valence electrons. The lowest BCUT2D eigenvalue weighted by atomic mass is 10.2. The Morgan fingerprint density at radius 2 is 2.04 bits per heavy atom. The van der Waals surface area contributed by atoms with Crippen LogP contribution in [0.3, 0.4) is 0 Å². The van der Waals surface area contributed by atoms with Crippen molar-refractivity contribution in [3.63, 3.8) is 0 Å². The highest BCUT2D eigenvalue weighted by atomic mass is 35.5. The average molecular weight is 367 g/mol. The van der Waals surface area contributed by atoms with Crippen LogP contribution in [0.4, 0.5) is 10.2 Å². The number of nitrogens with one attached hydrogen (secondary N) is 1. The number of aromatic nitrogens is 3. The molecule has 1 aromatic carbocycles. The lowest BCUT2D eigenvalue weighted by Gasteiger charge is -2.07. The quantitative estimate of drug-likeness (QED) is 0.769. The summed E-state index contributed by atoms with van der Waals surface area (Å²) in [6.07, 6.45) is 3.06. The molecule has 0 atom stereocenters. The van der Waals surface area contributed by atoms with Gasteiger partial charge in [0.15, 0.2) is 11.6 Å². The van der Waals surface area contributed by atoms with Crippen molar-refractivity contribution in [2.75, 3.05) is 4.72 Å². The average Bonchev–Trinajstić information content (AvgIpc) is 2.98. The van der Waals surface area contributed by atoms with E-state index in [0.717, 1.165) is 6.07 Å². The van der Waals surface area contributed by atoms with Gasteiger partial charge in [-0.1, -0.05) is 17.7 Å². The van der Waals surface area contributed by atoms with Gasteiger partial charge in [-0.15, -0.1) is 5.10 Å². The van der Waals surface area contributed by atoms with Crippen LogP contribution >= 0.6 is 11.6 Å². The first-order valence-electron chi connectivity index (χ1n) is 6.82. The van der Waals surface area contributed by atoms with E-state index in [0.29, 0.717) is 16.4 Å². The molecule has 2 heterocycles. The SMILES string of the molecule is Cc1ccc(S(=O)(=O)Nc2ccn(-c3ncccc3Cl)n2)cc1F. The molecule has 3 rings (SSSR count). The largest absolute Gasteiger partial charge is 0.263 e. The van der Waals surface area contributed by atoms with Gasteiger partial charge in [0, 0.05) is 18.5 Å². The van der Waals surface area contributed by atoms with Crippen molar-refractivity contribution in [1.29, 1.82) is 0 Å². The van der Waals surface area contributed by atoms with Crippen LogP contribution in [0.5, 0.6) is 0 Å². The number of rotatable bonds is 4. The van der Waals surface area contributed by atoms with Crippen molar-refractivity contribution < 1.29 is 12.8 Å². The van der Waals surface area contributed by atoms with E-state index in [1.54, 1.807) is 25.3 Å². The topological polar surface area (TPSA) is 76.9 Å². The Hall–Kier alpha value is -2.45. The summed E-state index contributed by atoms with van der Waals surface area (Å²) in [5.41, 5.74) is 0.364. The molecule has 0 aliphatic carbocycles. The van der Waals surface area contributed by atoms with Crippen LogP contribution in [0.1, 0.15) is 5.56 Å². The molecule has 0 radical (unpaired) electrons. The van der Waals surface area contributed by atoms with Gasteiger partial charge in [-0.3, -0.25) is 4.72 Å². The van der Waals surface area contributed by atoms with E-state index in [1.807, 2.05) is 0 Å². The summed E-state index contributed by atoms with van der Waals surface area (Å²) in [6, 6.07) is 8.45. The first-order valence-corrected chi connectivity index (χ1v) is 8.68. The van der Waals surface area contributed by atoms with Gasteiger partial charge in [-0.25, -0.2) is 22.5 Å². The Morgan fingerprint density at radius 3 is 2.75 bits per heavy atom. The second-order valence-corrected chi connectivity index (χ2v) is 7.06. The number of benzene rings is 1. The van der Waals surface area contributed by atoms with Gasteiger partial charge < -0.3 is 0 Å². The van der Waals surface area contributed by atoms with Crippen LogP contribution in [-0.4, -0.2) is 23.2 Å². The van der Waals surface area contributed by atoms with Gasteiger partial charge in [0.05, 0.1) is 9.92 Å². The summed E-state index contributed by atoms with van der Waals surface area (Å²) in [7, 11) is -3.95. The fraction of sp³-hybridized carbons (Fsp3) is 0.0667. The van der Waals surface area contributed by atoms with Crippen molar-refractivity contribution in [1.82, 2.24) is 14.8 Å². The Balaban J connectivity index is 1.89. The summed E-state index contributed by atoms with van der Waals surface area (Å²) in [5, 5.41) is 4.45. The normalized spacial score (nSPS) is 11.5. The molecular weight excluding hydrogens is 355 g/mol. The molecule has 9 heteroatoms. The molecule has 0 bridgehead atoms. The molecule has 0 aliphatic rings. The van der Waals surface area contributed by atoms with Gasteiger partial charge in [-0.2, -0.15) is 0 Å². The van der Waals surface area contributed by atoms with E-state index in [-0.39, 0.29) is 10.7 Å². The monoisotopic (exact) mass is 366 g/mol. The number of halogens is 2. The molecule has 3 aromatic rings. The molecule has 0 amide bonds. The van der Waals surface area contributed by atoms with E-state index in [9.17, 15) is 12.8 Å². The number of hydrogen-bond acceptors (Lipinski definition) is 4. The summed E-state index contributed by atoms with van der Waals surface area (Å²) >= 11 is 6.03. The maximum absolute atomic E-state index is 13.6. The van der Waals surface area contributed by atoms with E-state index < -0.39 is 15.8 Å². The third kappa shape index (κ3) is 3.24. The number of hydrogen-bond donors (Lipinski definition) is 1. The summed E-state index contributed by atoms with van der Waals surface area (Å²) in [4.78, 5) is 3.90. The van der Waals surface area contributed by atoms with Crippen LogP contribution in [0.15, 0.2) is 53.7 Å². The third-order valence-electron chi connectivity index (χ3n) is 3.24.